The van der Waals surface area contributed by atoms with Crippen LogP contribution >= 0.6 is 11.8 Å². The molecule has 1 aromatic carbocycles. The number of anilines is 2. The minimum atomic E-state index is -0.117. The van der Waals surface area contributed by atoms with Gasteiger partial charge in [-0.3, -0.25) is 9.78 Å². The summed E-state index contributed by atoms with van der Waals surface area (Å²) in [6.45, 7) is 2.21. The molecule has 1 amide bonds. The van der Waals surface area contributed by atoms with Crippen molar-refractivity contribution in [3.8, 4) is 11.6 Å². The topological polar surface area (TPSA) is 84.1 Å². The van der Waals surface area contributed by atoms with Gasteiger partial charge >= 0.3 is 0 Å². The van der Waals surface area contributed by atoms with Crippen LogP contribution in [0.4, 0.5) is 11.4 Å². The molecule has 4 rings (SSSR count). The zero-order valence-electron chi connectivity index (χ0n) is 15.4. The first-order valence-electron chi connectivity index (χ1n) is 9.30. The Hall–Kier alpha value is -2.87. The van der Waals surface area contributed by atoms with E-state index in [9.17, 15) is 4.79 Å². The summed E-state index contributed by atoms with van der Waals surface area (Å²) in [5.41, 5.74) is 2.60. The third-order valence-corrected chi connectivity index (χ3v) is 5.31. The Morgan fingerprint density at radius 2 is 1.89 bits per heavy atom. The summed E-state index contributed by atoms with van der Waals surface area (Å²) < 4.78 is 5.55. The average molecular weight is 395 g/mol. The minimum Gasteiger partial charge on any atom is -0.410 e. The number of piperidine rings is 1. The Kier molecular flexibility index (Phi) is 5.86. The second kappa shape index (κ2) is 8.88. The largest absolute Gasteiger partial charge is 0.410 e. The van der Waals surface area contributed by atoms with Gasteiger partial charge in [0.2, 0.25) is 5.91 Å². The highest BCUT2D eigenvalue weighted by molar-refractivity contribution is 7.99. The number of nitrogens with zero attached hydrogens (tertiary/aromatic N) is 4. The fraction of sp³-hybridized carbons (Fsp3) is 0.300. The van der Waals surface area contributed by atoms with Crippen molar-refractivity contribution in [1.29, 1.82) is 0 Å². The standard InChI is InChI=1S/C20H21N5O2S/c26-18(14-28-20-24-23-19(27-20)17-6-2-3-11-21-17)22-15-7-9-16(10-8-15)25-12-4-1-5-13-25/h2-3,6-11H,1,4-5,12-14H2,(H,22,26). The number of thioether (sulfide) groups is 1. The summed E-state index contributed by atoms with van der Waals surface area (Å²) in [5.74, 6) is 0.419. The van der Waals surface area contributed by atoms with Crippen LogP contribution in [-0.2, 0) is 4.79 Å². The van der Waals surface area contributed by atoms with E-state index in [4.69, 9.17) is 4.42 Å². The maximum atomic E-state index is 12.2. The van der Waals surface area contributed by atoms with Gasteiger partial charge in [-0.2, -0.15) is 0 Å². The summed E-state index contributed by atoms with van der Waals surface area (Å²) >= 11 is 1.20. The molecule has 7 nitrogen and oxygen atoms in total. The first-order valence-corrected chi connectivity index (χ1v) is 10.3. The predicted octanol–water partition coefficient (Wildman–Crippen LogP) is 3.85. The molecule has 1 fully saturated rings. The number of carbonyl (C=O) groups is 1. The van der Waals surface area contributed by atoms with Crippen molar-refractivity contribution in [1.82, 2.24) is 15.2 Å². The van der Waals surface area contributed by atoms with Crippen molar-refractivity contribution in [2.24, 2.45) is 0 Å². The number of hydrogen-bond donors (Lipinski definition) is 1. The van der Waals surface area contributed by atoms with Gasteiger partial charge in [-0.1, -0.05) is 17.8 Å². The van der Waals surface area contributed by atoms with Crippen LogP contribution in [0.2, 0.25) is 0 Å². The Morgan fingerprint density at radius 1 is 1.07 bits per heavy atom. The molecule has 0 radical (unpaired) electrons. The van der Waals surface area contributed by atoms with Gasteiger partial charge in [-0.15, -0.1) is 10.2 Å². The van der Waals surface area contributed by atoms with E-state index in [1.165, 1.54) is 36.7 Å². The van der Waals surface area contributed by atoms with Crippen LogP contribution in [0.1, 0.15) is 19.3 Å². The fourth-order valence-corrected chi connectivity index (χ4v) is 3.66. The molecule has 3 aromatic rings. The highest BCUT2D eigenvalue weighted by Gasteiger charge is 2.13. The molecule has 2 aromatic heterocycles. The lowest BCUT2D eigenvalue weighted by Gasteiger charge is -2.28. The zero-order chi connectivity index (χ0) is 19.2. The molecule has 0 unspecified atom stereocenters. The van der Waals surface area contributed by atoms with Crippen molar-refractivity contribution >= 4 is 29.0 Å². The number of amides is 1. The van der Waals surface area contributed by atoms with Gasteiger partial charge in [0, 0.05) is 30.7 Å². The van der Waals surface area contributed by atoms with E-state index in [1.807, 2.05) is 24.3 Å². The van der Waals surface area contributed by atoms with Gasteiger partial charge < -0.3 is 14.6 Å². The molecule has 0 atom stereocenters. The number of rotatable bonds is 6. The number of hydrogen-bond acceptors (Lipinski definition) is 7. The quantitative estimate of drug-likeness (QED) is 0.635. The van der Waals surface area contributed by atoms with Crippen LogP contribution in [0.15, 0.2) is 58.3 Å². The minimum absolute atomic E-state index is 0.117. The lowest BCUT2D eigenvalue weighted by atomic mass is 10.1. The van der Waals surface area contributed by atoms with Crippen molar-refractivity contribution < 1.29 is 9.21 Å². The molecule has 0 aliphatic carbocycles. The van der Waals surface area contributed by atoms with Crippen LogP contribution < -0.4 is 10.2 Å². The van der Waals surface area contributed by atoms with E-state index in [1.54, 1.807) is 12.3 Å². The number of nitrogens with one attached hydrogen (secondary N) is 1. The van der Waals surface area contributed by atoms with Crippen molar-refractivity contribution in [3.63, 3.8) is 0 Å². The normalized spacial score (nSPS) is 14.1. The van der Waals surface area contributed by atoms with E-state index < -0.39 is 0 Å². The van der Waals surface area contributed by atoms with E-state index in [0.29, 0.717) is 16.8 Å². The summed E-state index contributed by atoms with van der Waals surface area (Å²) in [6.07, 6.45) is 5.46. The van der Waals surface area contributed by atoms with Crippen LogP contribution in [0.3, 0.4) is 0 Å². The number of aromatic nitrogens is 3. The smallest absolute Gasteiger partial charge is 0.277 e. The molecule has 0 saturated carbocycles. The van der Waals surface area contributed by atoms with Gasteiger partial charge in [0.05, 0.1) is 5.75 Å². The second-order valence-corrected chi connectivity index (χ2v) is 7.45. The molecule has 1 aliphatic heterocycles. The maximum absolute atomic E-state index is 12.2. The average Bonchev–Trinajstić information content (AvgIpc) is 3.23. The monoisotopic (exact) mass is 395 g/mol. The maximum Gasteiger partial charge on any atom is 0.277 e. The number of pyridine rings is 1. The molecular formula is C20H21N5O2S. The Labute approximate surface area is 167 Å². The SMILES string of the molecule is O=C(CSc1nnc(-c2ccccn2)o1)Nc1ccc(N2CCCCC2)cc1. The first kappa shape index (κ1) is 18.5. The number of carbonyl (C=O) groups excluding carboxylic acids is 1. The van der Waals surface area contributed by atoms with Crippen LogP contribution in [-0.4, -0.2) is 39.9 Å². The molecule has 28 heavy (non-hydrogen) atoms. The van der Waals surface area contributed by atoms with Crippen molar-refractivity contribution in [3.05, 3.63) is 48.7 Å². The molecule has 1 saturated heterocycles. The van der Waals surface area contributed by atoms with Gasteiger partial charge in [-0.05, 0) is 55.7 Å². The fourth-order valence-electron chi connectivity index (χ4n) is 3.09. The molecule has 8 heteroatoms. The van der Waals surface area contributed by atoms with Gasteiger partial charge in [0.15, 0.2) is 0 Å². The third-order valence-electron chi connectivity index (χ3n) is 4.49. The van der Waals surface area contributed by atoms with E-state index >= 15 is 0 Å². The predicted molar refractivity (Wildman–Crippen MR) is 109 cm³/mol. The summed E-state index contributed by atoms with van der Waals surface area (Å²) in [4.78, 5) is 18.8. The Morgan fingerprint density at radius 3 is 2.64 bits per heavy atom. The molecule has 0 spiro atoms. The lowest BCUT2D eigenvalue weighted by Crippen LogP contribution is -2.29. The van der Waals surface area contributed by atoms with E-state index in [2.05, 4.69) is 37.5 Å². The molecule has 1 N–H and O–H groups in total. The van der Waals surface area contributed by atoms with Crippen LogP contribution in [0, 0.1) is 0 Å². The Balaban J connectivity index is 1.28. The van der Waals surface area contributed by atoms with E-state index in [0.717, 1.165) is 18.8 Å². The number of benzene rings is 1. The lowest BCUT2D eigenvalue weighted by molar-refractivity contribution is -0.113. The molecule has 3 heterocycles. The Bertz CT molecular complexity index is 908. The van der Waals surface area contributed by atoms with Crippen molar-refractivity contribution in [2.75, 3.05) is 29.1 Å². The van der Waals surface area contributed by atoms with E-state index in [-0.39, 0.29) is 11.7 Å². The highest BCUT2D eigenvalue weighted by atomic mass is 32.2. The van der Waals surface area contributed by atoms with Crippen LogP contribution in [0.5, 0.6) is 0 Å². The molecular weight excluding hydrogens is 374 g/mol. The second-order valence-electron chi connectivity index (χ2n) is 6.52. The molecule has 144 valence electrons. The highest BCUT2D eigenvalue weighted by Crippen LogP contribution is 2.23. The molecule has 1 aliphatic rings. The van der Waals surface area contributed by atoms with Gasteiger partial charge in [0.1, 0.15) is 5.69 Å². The summed E-state index contributed by atoms with van der Waals surface area (Å²) in [6, 6.07) is 13.5. The zero-order valence-corrected chi connectivity index (χ0v) is 16.2. The van der Waals surface area contributed by atoms with Gasteiger partial charge in [0.25, 0.3) is 11.1 Å². The summed E-state index contributed by atoms with van der Waals surface area (Å²) in [5, 5.41) is 11.2. The molecule has 0 bridgehead atoms. The first-order chi connectivity index (χ1) is 13.8. The third kappa shape index (κ3) is 4.69. The van der Waals surface area contributed by atoms with Gasteiger partial charge in [-0.25, -0.2) is 0 Å². The van der Waals surface area contributed by atoms with Crippen molar-refractivity contribution in [2.45, 2.75) is 24.5 Å². The van der Waals surface area contributed by atoms with Crippen LogP contribution in [0.25, 0.3) is 11.6 Å². The summed E-state index contributed by atoms with van der Waals surface area (Å²) in [7, 11) is 0.